The van der Waals surface area contributed by atoms with Gasteiger partial charge in [0.15, 0.2) is 5.65 Å². The fourth-order valence-corrected chi connectivity index (χ4v) is 4.19. The summed E-state index contributed by atoms with van der Waals surface area (Å²) in [7, 11) is 0. The van der Waals surface area contributed by atoms with Crippen LogP contribution in [0.5, 0.6) is 0 Å². The summed E-state index contributed by atoms with van der Waals surface area (Å²) < 4.78 is 8.78. The molecule has 3 aromatic heterocycles. The van der Waals surface area contributed by atoms with E-state index < -0.39 is 11.7 Å². The van der Waals surface area contributed by atoms with Crippen LogP contribution in [0.4, 0.5) is 4.79 Å². The SMILES string of the molecule is CC(C)(C)OC(=O)n1ccc2c(-c3cnn([C@H](CC#N)C4CCCC4)c3)ncnc21. The van der Waals surface area contributed by atoms with Crippen LogP contribution in [0, 0.1) is 17.2 Å². The maximum Gasteiger partial charge on any atom is 0.420 e. The molecule has 0 spiro atoms. The normalized spacial score (nSPS) is 15.9. The van der Waals surface area contributed by atoms with Crippen molar-refractivity contribution >= 4 is 17.1 Å². The molecule has 8 heteroatoms. The van der Waals surface area contributed by atoms with Crippen LogP contribution in [-0.4, -0.2) is 36.0 Å². The minimum absolute atomic E-state index is 0.0786. The largest absolute Gasteiger partial charge is 0.443 e. The van der Waals surface area contributed by atoms with Gasteiger partial charge in [0, 0.05) is 23.3 Å². The molecule has 0 N–H and O–H groups in total. The molecule has 156 valence electrons. The predicted molar refractivity (Wildman–Crippen MR) is 112 cm³/mol. The van der Waals surface area contributed by atoms with E-state index in [4.69, 9.17) is 4.74 Å². The summed E-state index contributed by atoms with van der Waals surface area (Å²) in [4.78, 5) is 21.3. The van der Waals surface area contributed by atoms with E-state index in [1.54, 1.807) is 12.4 Å². The van der Waals surface area contributed by atoms with Gasteiger partial charge in [0.1, 0.15) is 11.9 Å². The lowest BCUT2D eigenvalue weighted by Gasteiger charge is -2.21. The van der Waals surface area contributed by atoms with Gasteiger partial charge in [-0.05, 0) is 45.6 Å². The first-order valence-corrected chi connectivity index (χ1v) is 10.3. The molecule has 1 aliphatic carbocycles. The van der Waals surface area contributed by atoms with Gasteiger partial charge in [0.25, 0.3) is 0 Å². The second-order valence-corrected chi connectivity index (χ2v) is 8.81. The van der Waals surface area contributed by atoms with Crippen molar-refractivity contribution in [2.75, 3.05) is 0 Å². The molecule has 3 aromatic rings. The van der Waals surface area contributed by atoms with Gasteiger partial charge in [-0.2, -0.15) is 10.4 Å². The highest BCUT2D eigenvalue weighted by Crippen LogP contribution is 2.36. The van der Waals surface area contributed by atoms with Gasteiger partial charge in [-0.15, -0.1) is 0 Å². The van der Waals surface area contributed by atoms with Crippen molar-refractivity contribution in [2.24, 2.45) is 5.92 Å². The summed E-state index contributed by atoms with van der Waals surface area (Å²) in [6.07, 6.45) is 11.5. The highest BCUT2D eigenvalue weighted by Gasteiger charge is 2.27. The second kappa shape index (κ2) is 7.90. The van der Waals surface area contributed by atoms with Gasteiger partial charge in [-0.25, -0.2) is 19.3 Å². The Hall–Kier alpha value is -3.21. The van der Waals surface area contributed by atoms with Crippen molar-refractivity contribution in [1.29, 1.82) is 5.26 Å². The zero-order valence-corrected chi connectivity index (χ0v) is 17.6. The van der Waals surface area contributed by atoms with Gasteiger partial charge in [0.2, 0.25) is 0 Å². The Balaban J connectivity index is 1.67. The maximum atomic E-state index is 12.5. The third kappa shape index (κ3) is 3.92. The number of aromatic nitrogens is 5. The zero-order chi connectivity index (χ0) is 21.3. The van der Waals surface area contributed by atoms with Crippen LogP contribution >= 0.6 is 0 Å². The maximum absolute atomic E-state index is 12.5. The summed E-state index contributed by atoms with van der Waals surface area (Å²) in [6.45, 7) is 5.48. The third-order valence-corrected chi connectivity index (χ3v) is 5.53. The van der Waals surface area contributed by atoms with Crippen LogP contribution in [0.3, 0.4) is 0 Å². The van der Waals surface area contributed by atoms with Crippen LogP contribution in [0.15, 0.2) is 31.0 Å². The molecule has 1 aliphatic rings. The van der Waals surface area contributed by atoms with Gasteiger partial charge in [0.05, 0.1) is 30.4 Å². The van der Waals surface area contributed by atoms with Gasteiger partial charge in [-0.3, -0.25) is 4.68 Å². The average molecular weight is 406 g/mol. The van der Waals surface area contributed by atoms with E-state index in [2.05, 4.69) is 21.1 Å². The minimum atomic E-state index is -0.597. The first-order chi connectivity index (χ1) is 14.4. The summed E-state index contributed by atoms with van der Waals surface area (Å²) in [5, 5.41) is 14.6. The number of ether oxygens (including phenoxy) is 1. The molecule has 0 aliphatic heterocycles. The molecule has 1 saturated carbocycles. The Bertz CT molecular complexity index is 1090. The molecule has 30 heavy (non-hydrogen) atoms. The van der Waals surface area contributed by atoms with Crippen molar-refractivity contribution in [2.45, 2.75) is 64.5 Å². The summed E-state index contributed by atoms with van der Waals surface area (Å²) in [6, 6.07) is 4.21. The molecule has 0 bridgehead atoms. The summed E-state index contributed by atoms with van der Waals surface area (Å²) in [5.74, 6) is 0.482. The minimum Gasteiger partial charge on any atom is -0.443 e. The summed E-state index contributed by atoms with van der Waals surface area (Å²) in [5.41, 5.74) is 1.44. The van der Waals surface area contributed by atoms with Crippen molar-refractivity contribution in [3.63, 3.8) is 0 Å². The monoisotopic (exact) mass is 406 g/mol. The van der Waals surface area contributed by atoms with E-state index in [0.29, 0.717) is 23.7 Å². The fourth-order valence-electron chi connectivity index (χ4n) is 4.19. The highest BCUT2D eigenvalue weighted by atomic mass is 16.6. The van der Waals surface area contributed by atoms with E-state index in [1.807, 2.05) is 37.7 Å². The van der Waals surface area contributed by atoms with Gasteiger partial charge < -0.3 is 4.74 Å². The summed E-state index contributed by atoms with van der Waals surface area (Å²) >= 11 is 0. The van der Waals surface area contributed by atoms with E-state index in [-0.39, 0.29) is 6.04 Å². The lowest BCUT2D eigenvalue weighted by molar-refractivity contribution is 0.0543. The van der Waals surface area contributed by atoms with Crippen molar-refractivity contribution in [3.05, 3.63) is 31.0 Å². The highest BCUT2D eigenvalue weighted by molar-refractivity contribution is 5.95. The van der Waals surface area contributed by atoms with Crippen LogP contribution in [0.1, 0.15) is 58.9 Å². The number of carbonyl (C=O) groups is 1. The molecule has 0 aromatic carbocycles. The molecule has 1 atom stereocenters. The van der Waals surface area contributed by atoms with E-state index in [9.17, 15) is 10.1 Å². The number of fused-ring (bicyclic) bond motifs is 1. The Morgan fingerprint density at radius 2 is 2.10 bits per heavy atom. The molecule has 1 fully saturated rings. The first kappa shape index (κ1) is 20.1. The second-order valence-electron chi connectivity index (χ2n) is 8.81. The average Bonchev–Trinajstić information content (AvgIpc) is 3.44. The van der Waals surface area contributed by atoms with Gasteiger partial charge in [-0.1, -0.05) is 12.8 Å². The van der Waals surface area contributed by atoms with Crippen LogP contribution in [0.2, 0.25) is 0 Å². The first-order valence-electron chi connectivity index (χ1n) is 10.3. The number of hydrogen-bond donors (Lipinski definition) is 0. The predicted octanol–water partition coefficient (Wildman–Crippen LogP) is 4.72. The Kier molecular flexibility index (Phi) is 5.29. The zero-order valence-electron chi connectivity index (χ0n) is 17.6. The number of nitriles is 1. The molecule has 0 radical (unpaired) electrons. The van der Waals surface area contributed by atoms with Crippen molar-refractivity contribution in [1.82, 2.24) is 24.3 Å². The molecule has 0 saturated heterocycles. The van der Waals surface area contributed by atoms with E-state index in [0.717, 1.165) is 23.8 Å². The smallest absolute Gasteiger partial charge is 0.420 e. The van der Waals surface area contributed by atoms with Crippen molar-refractivity contribution in [3.8, 4) is 17.3 Å². The third-order valence-electron chi connectivity index (χ3n) is 5.53. The molecular formula is C22H26N6O2. The number of nitrogens with zero attached hydrogens (tertiary/aromatic N) is 6. The van der Waals surface area contributed by atoms with Crippen molar-refractivity contribution < 1.29 is 9.53 Å². The van der Waals surface area contributed by atoms with Gasteiger partial charge >= 0.3 is 6.09 Å². The lowest BCUT2D eigenvalue weighted by atomic mass is 9.96. The van der Waals surface area contributed by atoms with Crippen LogP contribution in [0.25, 0.3) is 22.3 Å². The Morgan fingerprint density at radius 1 is 1.33 bits per heavy atom. The van der Waals surface area contributed by atoms with E-state index >= 15 is 0 Å². The number of hydrogen-bond acceptors (Lipinski definition) is 6. The van der Waals surface area contributed by atoms with Crippen LogP contribution < -0.4 is 0 Å². The molecule has 0 amide bonds. The fraction of sp³-hybridized carbons (Fsp3) is 0.500. The molecular weight excluding hydrogens is 380 g/mol. The Morgan fingerprint density at radius 3 is 2.80 bits per heavy atom. The molecule has 3 heterocycles. The van der Waals surface area contributed by atoms with Crippen LogP contribution in [-0.2, 0) is 4.74 Å². The lowest BCUT2D eigenvalue weighted by Crippen LogP contribution is -2.26. The molecule has 4 rings (SSSR count). The topological polar surface area (TPSA) is 98.6 Å². The van der Waals surface area contributed by atoms with E-state index in [1.165, 1.54) is 23.7 Å². The Labute approximate surface area is 175 Å². The quantitative estimate of drug-likeness (QED) is 0.621. The molecule has 0 unspecified atom stereocenters. The molecule has 8 nitrogen and oxygen atoms in total. The standard InChI is InChI=1S/C22H26N6O2/c1-22(2,3)30-21(29)27-11-9-17-19(24-14-25-20(17)27)16-12-26-28(13-16)18(8-10-23)15-6-4-5-7-15/h9,11-15,18H,4-8H2,1-3H3/t18-/m1/s1. The number of rotatable bonds is 4. The number of carbonyl (C=O) groups excluding carboxylic acids is 1.